The standard InChI is InChI=1S/C17H15NO2S2/c19-16(14-7-4-10-21-14)15-9-8-13(22-15)11-18-17(20)12-5-2-1-3-6-12/h1-10,16,19H,11H2,(H,18,20). The summed E-state index contributed by atoms with van der Waals surface area (Å²) in [5.74, 6) is -0.0886. The molecule has 0 bridgehead atoms. The van der Waals surface area contributed by atoms with Crippen LogP contribution in [0.25, 0.3) is 0 Å². The van der Waals surface area contributed by atoms with Crippen LogP contribution in [0.15, 0.2) is 60.0 Å². The van der Waals surface area contributed by atoms with Crippen LogP contribution in [0.1, 0.15) is 31.1 Å². The number of hydrogen-bond donors (Lipinski definition) is 2. The minimum atomic E-state index is -0.580. The van der Waals surface area contributed by atoms with Gasteiger partial charge < -0.3 is 10.4 Å². The molecule has 5 heteroatoms. The summed E-state index contributed by atoms with van der Waals surface area (Å²) in [6.45, 7) is 0.468. The summed E-state index contributed by atoms with van der Waals surface area (Å²) in [7, 11) is 0. The number of hydrogen-bond acceptors (Lipinski definition) is 4. The minimum Gasteiger partial charge on any atom is -0.382 e. The van der Waals surface area contributed by atoms with Crippen LogP contribution >= 0.6 is 22.7 Å². The maximum Gasteiger partial charge on any atom is 0.251 e. The van der Waals surface area contributed by atoms with Gasteiger partial charge in [-0.1, -0.05) is 24.3 Å². The normalized spacial score (nSPS) is 12.0. The Morgan fingerprint density at radius 2 is 1.86 bits per heavy atom. The summed E-state index contributed by atoms with van der Waals surface area (Å²) in [6.07, 6.45) is -0.580. The van der Waals surface area contributed by atoms with E-state index in [2.05, 4.69) is 5.32 Å². The monoisotopic (exact) mass is 329 g/mol. The van der Waals surface area contributed by atoms with Gasteiger partial charge in [-0.15, -0.1) is 22.7 Å². The molecule has 1 aromatic carbocycles. The zero-order valence-corrected chi connectivity index (χ0v) is 13.4. The molecule has 0 spiro atoms. The molecule has 0 fully saturated rings. The van der Waals surface area contributed by atoms with Gasteiger partial charge in [-0.3, -0.25) is 4.79 Å². The molecule has 0 aliphatic heterocycles. The first-order valence-electron chi connectivity index (χ1n) is 6.87. The number of aliphatic hydroxyl groups excluding tert-OH is 1. The summed E-state index contributed by atoms with van der Waals surface area (Å²) in [6, 6.07) is 16.9. The summed E-state index contributed by atoms with van der Waals surface area (Å²) in [5.41, 5.74) is 0.651. The first kappa shape index (κ1) is 15.0. The largest absolute Gasteiger partial charge is 0.382 e. The number of amides is 1. The summed E-state index contributed by atoms with van der Waals surface area (Å²) in [5, 5.41) is 15.1. The average molecular weight is 329 g/mol. The minimum absolute atomic E-state index is 0.0886. The first-order chi connectivity index (χ1) is 10.7. The Labute approximate surface area is 136 Å². The number of carbonyl (C=O) groups excluding carboxylic acids is 1. The molecular weight excluding hydrogens is 314 g/mol. The Morgan fingerprint density at radius 1 is 1.05 bits per heavy atom. The van der Waals surface area contributed by atoms with E-state index in [4.69, 9.17) is 0 Å². The molecule has 0 aliphatic carbocycles. The smallest absolute Gasteiger partial charge is 0.251 e. The Kier molecular flexibility index (Phi) is 4.68. The van der Waals surface area contributed by atoms with Crippen LogP contribution in [0.3, 0.4) is 0 Å². The van der Waals surface area contributed by atoms with Crippen molar-refractivity contribution >= 4 is 28.6 Å². The van der Waals surface area contributed by atoms with Crippen LogP contribution in [-0.4, -0.2) is 11.0 Å². The van der Waals surface area contributed by atoms with Crippen LogP contribution in [0.5, 0.6) is 0 Å². The molecule has 3 nitrogen and oxygen atoms in total. The van der Waals surface area contributed by atoms with Crippen molar-refractivity contribution < 1.29 is 9.90 Å². The molecule has 0 saturated carbocycles. The molecule has 2 heterocycles. The van der Waals surface area contributed by atoms with E-state index >= 15 is 0 Å². The van der Waals surface area contributed by atoms with E-state index in [0.717, 1.165) is 14.6 Å². The highest BCUT2D eigenvalue weighted by atomic mass is 32.1. The van der Waals surface area contributed by atoms with E-state index in [0.29, 0.717) is 12.1 Å². The first-order valence-corrected chi connectivity index (χ1v) is 8.57. The molecule has 3 rings (SSSR count). The highest BCUT2D eigenvalue weighted by Crippen LogP contribution is 2.30. The molecule has 2 N–H and O–H groups in total. The summed E-state index contributed by atoms with van der Waals surface area (Å²) in [4.78, 5) is 14.8. The predicted octanol–water partition coefficient (Wildman–Crippen LogP) is 3.82. The number of benzene rings is 1. The van der Waals surface area contributed by atoms with Gasteiger partial charge in [0.05, 0.1) is 6.54 Å². The highest BCUT2D eigenvalue weighted by molar-refractivity contribution is 7.12. The Morgan fingerprint density at radius 3 is 2.59 bits per heavy atom. The molecule has 3 aromatic rings. The van der Waals surface area contributed by atoms with Crippen molar-refractivity contribution in [3.05, 3.63) is 80.2 Å². The van der Waals surface area contributed by atoms with Crippen LogP contribution in [0, 0.1) is 0 Å². The quantitative estimate of drug-likeness (QED) is 0.747. The average Bonchev–Trinajstić information content (AvgIpc) is 3.24. The van der Waals surface area contributed by atoms with Crippen molar-refractivity contribution in [1.29, 1.82) is 0 Å². The fourth-order valence-corrected chi connectivity index (χ4v) is 3.84. The van der Waals surface area contributed by atoms with E-state index in [1.54, 1.807) is 12.1 Å². The number of aliphatic hydroxyl groups is 1. The van der Waals surface area contributed by atoms with Gasteiger partial charge in [0.15, 0.2) is 0 Å². The summed E-state index contributed by atoms with van der Waals surface area (Å²) >= 11 is 3.06. The molecule has 1 unspecified atom stereocenters. The van der Waals surface area contributed by atoms with Gasteiger partial charge in [0.2, 0.25) is 0 Å². The number of thiophene rings is 2. The Bertz CT molecular complexity index is 735. The van der Waals surface area contributed by atoms with Gasteiger partial charge >= 0.3 is 0 Å². The lowest BCUT2D eigenvalue weighted by atomic mass is 10.2. The van der Waals surface area contributed by atoms with Gasteiger partial charge in [-0.05, 0) is 35.7 Å². The lowest BCUT2D eigenvalue weighted by molar-refractivity contribution is 0.0951. The van der Waals surface area contributed by atoms with E-state index in [9.17, 15) is 9.90 Å². The zero-order valence-electron chi connectivity index (χ0n) is 11.7. The zero-order chi connectivity index (χ0) is 15.4. The van der Waals surface area contributed by atoms with Crippen molar-refractivity contribution in [3.63, 3.8) is 0 Å². The molecule has 22 heavy (non-hydrogen) atoms. The lowest BCUT2D eigenvalue weighted by Crippen LogP contribution is -2.22. The molecule has 0 saturated heterocycles. The van der Waals surface area contributed by atoms with Crippen LogP contribution in [0.4, 0.5) is 0 Å². The summed E-state index contributed by atoms with van der Waals surface area (Å²) < 4.78 is 0. The second kappa shape index (κ2) is 6.87. The molecule has 0 aliphatic rings. The fraction of sp³-hybridized carbons (Fsp3) is 0.118. The van der Waals surface area contributed by atoms with E-state index in [1.165, 1.54) is 22.7 Å². The van der Waals surface area contributed by atoms with E-state index < -0.39 is 6.10 Å². The molecule has 1 atom stereocenters. The second-order valence-electron chi connectivity index (χ2n) is 4.77. The molecular formula is C17H15NO2S2. The van der Waals surface area contributed by atoms with Gasteiger partial charge in [-0.25, -0.2) is 0 Å². The van der Waals surface area contributed by atoms with Crippen LogP contribution < -0.4 is 5.32 Å². The van der Waals surface area contributed by atoms with Crippen LogP contribution in [0.2, 0.25) is 0 Å². The highest BCUT2D eigenvalue weighted by Gasteiger charge is 2.14. The van der Waals surface area contributed by atoms with Crippen molar-refractivity contribution in [3.8, 4) is 0 Å². The van der Waals surface area contributed by atoms with E-state index in [1.807, 2.05) is 47.8 Å². The molecule has 2 aromatic heterocycles. The Hall–Kier alpha value is -1.95. The van der Waals surface area contributed by atoms with Gasteiger partial charge in [-0.2, -0.15) is 0 Å². The van der Waals surface area contributed by atoms with Gasteiger partial charge in [0.25, 0.3) is 5.91 Å². The number of rotatable bonds is 5. The second-order valence-corrected chi connectivity index (χ2v) is 6.95. The third-order valence-corrected chi connectivity index (χ3v) is 5.29. The molecule has 0 radical (unpaired) electrons. The number of nitrogens with one attached hydrogen (secondary N) is 1. The topological polar surface area (TPSA) is 49.3 Å². The van der Waals surface area contributed by atoms with Gasteiger partial charge in [0, 0.05) is 20.2 Å². The molecule has 112 valence electrons. The van der Waals surface area contributed by atoms with Crippen molar-refractivity contribution in [2.75, 3.05) is 0 Å². The van der Waals surface area contributed by atoms with E-state index in [-0.39, 0.29) is 5.91 Å². The number of carbonyl (C=O) groups is 1. The Balaban J connectivity index is 1.61. The van der Waals surface area contributed by atoms with Crippen molar-refractivity contribution in [2.24, 2.45) is 0 Å². The SMILES string of the molecule is O=C(NCc1ccc(C(O)c2cccs2)s1)c1ccccc1. The lowest BCUT2D eigenvalue weighted by Gasteiger charge is -2.05. The third kappa shape index (κ3) is 3.44. The van der Waals surface area contributed by atoms with Crippen LogP contribution in [-0.2, 0) is 6.54 Å². The van der Waals surface area contributed by atoms with Gasteiger partial charge in [0.1, 0.15) is 6.10 Å². The third-order valence-electron chi connectivity index (χ3n) is 3.22. The maximum atomic E-state index is 12.0. The maximum absolute atomic E-state index is 12.0. The fourth-order valence-electron chi connectivity index (χ4n) is 2.08. The van der Waals surface area contributed by atoms with Crippen molar-refractivity contribution in [2.45, 2.75) is 12.6 Å². The molecule has 1 amide bonds. The predicted molar refractivity (Wildman–Crippen MR) is 90.3 cm³/mol. The van der Waals surface area contributed by atoms with Crippen molar-refractivity contribution in [1.82, 2.24) is 5.32 Å².